The topological polar surface area (TPSA) is 73.4 Å². The molecule has 0 aliphatic carbocycles. The van der Waals surface area contributed by atoms with Gasteiger partial charge in [-0.05, 0) is 33.4 Å². The van der Waals surface area contributed by atoms with Gasteiger partial charge in [0, 0.05) is 12.6 Å². The Kier molecular flexibility index (Phi) is 3.86. The molecule has 6 heteroatoms. The van der Waals surface area contributed by atoms with Crippen LogP contribution < -0.4 is 5.73 Å². The minimum atomic E-state index is -0.446. The summed E-state index contributed by atoms with van der Waals surface area (Å²) in [6, 6.07) is 0.291. The summed E-state index contributed by atoms with van der Waals surface area (Å²) in [7, 11) is 2.09. The number of carbonyl (C=O) groups is 1. The zero-order valence-electron chi connectivity index (χ0n) is 10.9. The summed E-state index contributed by atoms with van der Waals surface area (Å²) in [5.74, 6) is -0.0355. The van der Waals surface area contributed by atoms with Gasteiger partial charge in [-0.1, -0.05) is 0 Å². The van der Waals surface area contributed by atoms with Crippen LogP contribution in [-0.2, 0) is 4.74 Å². The predicted molar refractivity (Wildman–Crippen MR) is 68.4 cm³/mol. The number of rotatable bonds is 3. The molecule has 0 spiro atoms. The maximum absolute atomic E-state index is 11.6. The first-order valence-electron chi connectivity index (χ1n) is 6.31. The van der Waals surface area contributed by atoms with Crippen LogP contribution in [0.1, 0.15) is 36.3 Å². The summed E-state index contributed by atoms with van der Waals surface area (Å²) < 4.78 is 6.82. The number of aromatic nitrogens is 2. The van der Waals surface area contributed by atoms with Gasteiger partial charge in [-0.15, -0.1) is 0 Å². The number of nitrogens with two attached hydrogens (primary N) is 1. The molecule has 2 heterocycles. The zero-order chi connectivity index (χ0) is 13.1. The third-order valence-electron chi connectivity index (χ3n) is 3.29. The number of carbonyl (C=O) groups excluding carboxylic acids is 1. The predicted octanol–water partition coefficient (Wildman–Crippen LogP) is 0.909. The fourth-order valence-corrected chi connectivity index (χ4v) is 2.38. The Hall–Kier alpha value is -1.56. The minimum absolute atomic E-state index is 0.227. The summed E-state index contributed by atoms with van der Waals surface area (Å²) >= 11 is 0. The van der Waals surface area contributed by atoms with Crippen molar-refractivity contribution in [2.24, 2.45) is 0 Å². The van der Waals surface area contributed by atoms with E-state index in [-0.39, 0.29) is 5.69 Å². The van der Waals surface area contributed by atoms with E-state index in [1.54, 1.807) is 13.3 Å². The van der Waals surface area contributed by atoms with Gasteiger partial charge in [-0.2, -0.15) is 0 Å². The lowest BCUT2D eigenvalue weighted by atomic mass is 10.1. The van der Waals surface area contributed by atoms with Crippen molar-refractivity contribution in [1.29, 1.82) is 0 Å². The van der Waals surface area contributed by atoms with Gasteiger partial charge in [0.1, 0.15) is 5.82 Å². The van der Waals surface area contributed by atoms with Gasteiger partial charge >= 0.3 is 5.97 Å². The highest BCUT2D eigenvalue weighted by Gasteiger charge is 2.24. The van der Waals surface area contributed by atoms with E-state index in [9.17, 15) is 4.79 Å². The average molecular weight is 252 g/mol. The maximum atomic E-state index is 11.6. The van der Waals surface area contributed by atoms with E-state index in [1.165, 1.54) is 0 Å². The Balaban J connectivity index is 2.17. The number of likely N-dealkylation sites (N-methyl/N-ethyl adjacent to an activating group) is 1. The number of ether oxygens (including phenoxy) is 1. The first-order chi connectivity index (χ1) is 8.63. The van der Waals surface area contributed by atoms with Crippen molar-refractivity contribution in [1.82, 2.24) is 14.5 Å². The fourth-order valence-electron chi connectivity index (χ4n) is 2.38. The first kappa shape index (κ1) is 12.9. The molecule has 0 amide bonds. The van der Waals surface area contributed by atoms with Gasteiger partial charge in [-0.25, -0.2) is 9.78 Å². The van der Waals surface area contributed by atoms with Crippen molar-refractivity contribution in [3.8, 4) is 0 Å². The van der Waals surface area contributed by atoms with E-state index in [4.69, 9.17) is 10.5 Å². The lowest BCUT2D eigenvalue weighted by Crippen LogP contribution is -2.33. The van der Waals surface area contributed by atoms with E-state index in [1.807, 2.05) is 4.57 Å². The van der Waals surface area contributed by atoms with E-state index >= 15 is 0 Å². The Morgan fingerprint density at radius 1 is 1.67 bits per heavy atom. The summed E-state index contributed by atoms with van der Waals surface area (Å²) in [4.78, 5) is 18.0. The highest BCUT2D eigenvalue weighted by atomic mass is 16.5. The van der Waals surface area contributed by atoms with Gasteiger partial charge in [0.2, 0.25) is 0 Å². The fraction of sp³-hybridized carbons (Fsp3) is 0.667. The van der Waals surface area contributed by atoms with Crippen LogP contribution in [0.5, 0.6) is 0 Å². The van der Waals surface area contributed by atoms with Gasteiger partial charge < -0.3 is 19.9 Å². The number of anilines is 1. The molecule has 0 saturated carbocycles. The molecule has 1 unspecified atom stereocenters. The number of nitrogens with zero attached hydrogens (tertiary/aromatic N) is 3. The smallest absolute Gasteiger partial charge is 0.360 e. The number of nitrogen functional groups attached to an aromatic ring is 1. The van der Waals surface area contributed by atoms with Crippen LogP contribution in [0.3, 0.4) is 0 Å². The third kappa shape index (κ3) is 2.48. The number of imidazole rings is 1. The molecular weight excluding hydrogens is 232 g/mol. The molecule has 0 radical (unpaired) electrons. The van der Waals surface area contributed by atoms with Crippen molar-refractivity contribution in [2.75, 3.05) is 32.5 Å². The molecule has 2 rings (SSSR count). The van der Waals surface area contributed by atoms with Crippen molar-refractivity contribution in [2.45, 2.75) is 25.8 Å². The van der Waals surface area contributed by atoms with Gasteiger partial charge in [0.25, 0.3) is 0 Å². The van der Waals surface area contributed by atoms with Crippen molar-refractivity contribution in [3.05, 3.63) is 12.0 Å². The molecule has 1 aliphatic heterocycles. The Morgan fingerprint density at radius 3 is 3.11 bits per heavy atom. The van der Waals surface area contributed by atoms with Crippen molar-refractivity contribution < 1.29 is 9.53 Å². The molecule has 1 saturated heterocycles. The second kappa shape index (κ2) is 5.39. The third-order valence-corrected chi connectivity index (χ3v) is 3.29. The van der Waals surface area contributed by atoms with Crippen LogP contribution in [0.25, 0.3) is 0 Å². The zero-order valence-corrected chi connectivity index (χ0v) is 10.9. The van der Waals surface area contributed by atoms with Crippen LogP contribution in [-0.4, -0.2) is 47.2 Å². The Bertz CT molecular complexity index is 430. The van der Waals surface area contributed by atoms with E-state index in [2.05, 4.69) is 16.9 Å². The Labute approximate surface area is 107 Å². The van der Waals surface area contributed by atoms with Crippen LogP contribution in [0.15, 0.2) is 6.33 Å². The van der Waals surface area contributed by atoms with E-state index in [0.29, 0.717) is 18.5 Å². The van der Waals surface area contributed by atoms with Crippen LogP contribution in [0.4, 0.5) is 5.82 Å². The van der Waals surface area contributed by atoms with Crippen molar-refractivity contribution >= 4 is 11.8 Å². The second-order valence-electron chi connectivity index (χ2n) is 4.66. The highest BCUT2D eigenvalue weighted by Crippen LogP contribution is 2.25. The molecule has 18 heavy (non-hydrogen) atoms. The quantitative estimate of drug-likeness (QED) is 0.809. The molecule has 100 valence electrons. The van der Waals surface area contributed by atoms with Gasteiger partial charge in [-0.3, -0.25) is 0 Å². The largest absolute Gasteiger partial charge is 0.461 e. The van der Waals surface area contributed by atoms with Crippen LogP contribution >= 0.6 is 0 Å². The van der Waals surface area contributed by atoms with E-state index < -0.39 is 5.97 Å². The lowest BCUT2D eigenvalue weighted by Gasteiger charge is -2.30. The summed E-state index contributed by atoms with van der Waals surface area (Å²) in [5, 5.41) is 0. The Morgan fingerprint density at radius 2 is 2.44 bits per heavy atom. The molecule has 1 aliphatic rings. The highest BCUT2D eigenvalue weighted by molar-refractivity contribution is 5.92. The number of hydrogen-bond acceptors (Lipinski definition) is 5. The van der Waals surface area contributed by atoms with Crippen LogP contribution in [0, 0.1) is 0 Å². The standard InChI is InChI=1S/C12H20N4O2/c1-3-18-12(17)10-11(13)16(8-14-10)9-5-4-6-15(2)7-9/h8-9H,3-7,13H2,1-2H3. The molecule has 0 aromatic carbocycles. The monoisotopic (exact) mass is 252 g/mol. The summed E-state index contributed by atoms with van der Waals surface area (Å²) in [6.07, 6.45) is 3.84. The summed E-state index contributed by atoms with van der Waals surface area (Å²) in [5.41, 5.74) is 6.22. The number of hydrogen-bond donors (Lipinski definition) is 1. The normalized spacial score (nSPS) is 20.9. The average Bonchev–Trinajstić information content (AvgIpc) is 2.71. The molecule has 1 atom stereocenters. The molecule has 0 bridgehead atoms. The molecule has 6 nitrogen and oxygen atoms in total. The van der Waals surface area contributed by atoms with Gasteiger partial charge in [0.15, 0.2) is 5.69 Å². The second-order valence-corrected chi connectivity index (χ2v) is 4.66. The molecule has 2 N–H and O–H groups in total. The number of likely N-dealkylation sites (tertiary alicyclic amines) is 1. The summed E-state index contributed by atoms with van der Waals surface area (Å²) in [6.45, 7) is 4.14. The number of esters is 1. The first-order valence-corrected chi connectivity index (χ1v) is 6.31. The molecular formula is C12H20N4O2. The van der Waals surface area contributed by atoms with Crippen molar-refractivity contribution in [3.63, 3.8) is 0 Å². The van der Waals surface area contributed by atoms with Gasteiger partial charge in [0.05, 0.1) is 12.9 Å². The lowest BCUT2D eigenvalue weighted by molar-refractivity contribution is 0.0521. The number of piperidine rings is 1. The SMILES string of the molecule is CCOC(=O)c1ncn(C2CCCN(C)C2)c1N. The van der Waals surface area contributed by atoms with E-state index in [0.717, 1.165) is 25.9 Å². The molecule has 1 fully saturated rings. The molecule has 1 aromatic rings. The van der Waals surface area contributed by atoms with Crippen LogP contribution in [0.2, 0.25) is 0 Å². The minimum Gasteiger partial charge on any atom is -0.461 e. The molecule has 1 aromatic heterocycles. The maximum Gasteiger partial charge on any atom is 0.360 e.